The summed E-state index contributed by atoms with van der Waals surface area (Å²) in [7, 11) is -0.263. The molecule has 8 atom stereocenters. The number of carbonyl (C=O) groups is 2. The van der Waals surface area contributed by atoms with Gasteiger partial charge in [0.05, 0.1) is 24.5 Å². The van der Waals surface area contributed by atoms with Crippen LogP contribution in [-0.4, -0.2) is 51.8 Å². The number of ether oxygens (including phenoxy) is 3. The maximum Gasteiger partial charge on any atom is 0.308 e. The molecule has 3 rings (SSSR count). The highest BCUT2D eigenvalue weighted by Crippen LogP contribution is 2.45. The Labute approximate surface area is 225 Å². The van der Waals surface area contributed by atoms with Gasteiger partial charge in [0.1, 0.15) is 12.2 Å². The quantitative estimate of drug-likeness (QED) is 0.245. The second-order valence-electron chi connectivity index (χ2n) is 13.0. The van der Waals surface area contributed by atoms with Crippen molar-refractivity contribution < 1.29 is 28.2 Å². The molecule has 2 aliphatic carbocycles. The van der Waals surface area contributed by atoms with Crippen LogP contribution in [0.1, 0.15) is 80.1 Å². The Morgan fingerprint density at radius 3 is 2.54 bits per heavy atom. The molecule has 0 bridgehead atoms. The molecule has 0 saturated carbocycles. The van der Waals surface area contributed by atoms with Crippen molar-refractivity contribution in [3.63, 3.8) is 0 Å². The molecule has 3 aliphatic rings. The second-order valence-corrected chi connectivity index (χ2v) is 17.8. The lowest BCUT2D eigenvalue weighted by molar-refractivity contribution is -0.162. The van der Waals surface area contributed by atoms with Gasteiger partial charge >= 0.3 is 11.9 Å². The monoisotopic (exact) mass is 534 g/mol. The van der Waals surface area contributed by atoms with Crippen molar-refractivity contribution in [3.8, 4) is 0 Å². The lowest BCUT2D eigenvalue weighted by Gasteiger charge is -2.44. The van der Waals surface area contributed by atoms with Gasteiger partial charge in [-0.1, -0.05) is 59.8 Å². The number of methoxy groups -OCH3 is 1. The zero-order valence-electron chi connectivity index (χ0n) is 24.5. The van der Waals surface area contributed by atoms with E-state index in [1.807, 2.05) is 13.8 Å². The van der Waals surface area contributed by atoms with E-state index >= 15 is 0 Å². The molecule has 1 fully saturated rings. The number of rotatable bonds is 9. The molecular formula is C30H50O6Si. The Kier molecular flexibility index (Phi) is 9.90. The lowest BCUT2D eigenvalue weighted by atomic mass is 9.66. The SMILES string of the molecule is CC[C@H](C)C(=O)O[C@H]1C[C@H](OC)C=C2C=C[C@H](C)[C@H](CC[C@@H]3C[C@@H](O[Si](C)(C)C(C)(C)C)CC(=O)O3)[C@H]21. The van der Waals surface area contributed by atoms with E-state index < -0.39 is 8.32 Å². The molecule has 0 aromatic heterocycles. The Morgan fingerprint density at radius 2 is 1.92 bits per heavy atom. The van der Waals surface area contributed by atoms with Gasteiger partial charge in [0, 0.05) is 25.9 Å². The summed E-state index contributed by atoms with van der Waals surface area (Å²) in [5.41, 5.74) is 1.20. The largest absolute Gasteiger partial charge is 0.462 e. The summed E-state index contributed by atoms with van der Waals surface area (Å²) >= 11 is 0. The standard InChI is InChI=1S/C30H50O6Si/c1-10-19(2)29(32)35-26-17-23(33-7)15-21-12-11-20(3)25(28(21)26)14-13-22-16-24(18-27(31)34-22)36-37(8,9)30(4,5)6/h11-12,15,19-20,22-26,28H,10,13-14,16-18H2,1-9H3/t19-,20-,22+,23+,24+,25-,26-,28-/m0/s1. The molecule has 0 aromatic carbocycles. The smallest absolute Gasteiger partial charge is 0.308 e. The molecule has 0 N–H and O–H groups in total. The van der Waals surface area contributed by atoms with Crippen LogP contribution in [0.3, 0.4) is 0 Å². The number of allylic oxidation sites excluding steroid dienone is 2. The van der Waals surface area contributed by atoms with Crippen molar-refractivity contribution in [2.45, 2.75) is 123 Å². The van der Waals surface area contributed by atoms with E-state index in [9.17, 15) is 9.59 Å². The van der Waals surface area contributed by atoms with Gasteiger partial charge in [0.25, 0.3) is 0 Å². The minimum absolute atomic E-state index is 0.0627. The molecule has 7 heteroatoms. The minimum Gasteiger partial charge on any atom is -0.462 e. The average Bonchev–Trinajstić information content (AvgIpc) is 2.81. The third kappa shape index (κ3) is 7.36. The van der Waals surface area contributed by atoms with Crippen LogP contribution in [0.5, 0.6) is 0 Å². The number of cyclic esters (lactones) is 1. The van der Waals surface area contributed by atoms with E-state index in [4.69, 9.17) is 18.6 Å². The van der Waals surface area contributed by atoms with Gasteiger partial charge in [0.15, 0.2) is 8.32 Å². The third-order valence-electron chi connectivity index (χ3n) is 9.25. The number of fused-ring (bicyclic) bond motifs is 1. The van der Waals surface area contributed by atoms with Crippen LogP contribution < -0.4 is 0 Å². The number of carbonyl (C=O) groups excluding carboxylic acids is 2. The summed E-state index contributed by atoms with van der Waals surface area (Å²) in [4.78, 5) is 25.3. The van der Waals surface area contributed by atoms with E-state index in [0.29, 0.717) is 24.7 Å². The molecule has 0 aromatic rings. The summed E-state index contributed by atoms with van der Waals surface area (Å²) in [5, 5.41) is 0.0964. The van der Waals surface area contributed by atoms with Gasteiger partial charge < -0.3 is 18.6 Å². The Bertz CT molecular complexity index is 872. The van der Waals surface area contributed by atoms with Crippen molar-refractivity contribution in [1.82, 2.24) is 0 Å². The van der Waals surface area contributed by atoms with Gasteiger partial charge in [-0.05, 0) is 54.8 Å². The third-order valence-corrected chi connectivity index (χ3v) is 13.8. The molecule has 0 amide bonds. The van der Waals surface area contributed by atoms with Crippen molar-refractivity contribution in [2.24, 2.45) is 23.7 Å². The highest BCUT2D eigenvalue weighted by molar-refractivity contribution is 6.74. The molecule has 1 saturated heterocycles. The van der Waals surface area contributed by atoms with Crippen molar-refractivity contribution in [2.75, 3.05) is 7.11 Å². The molecule has 1 aliphatic heterocycles. The summed E-state index contributed by atoms with van der Waals surface area (Å²) in [6, 6.07) is 0. The van der Waals surface area contributed by atoms with E-state index in [0.717, 1.165) is 25.7 Å². The first kappa shape index (κ1) is 30.1. The van der Waals surface area contributed by atoms with Gasteiger partial charge in [0.2, 0.25) is 0 Å². The van der Waals surface area contributed by atoms with Crippen LogP contribution in [0.2, 0.25) is 18.1 Å². The molecule has 1 heterocycles. The summed E-state index contributed by atoms with van der Waals surface area (Å²) in [6.45, 7) is 17.3. The van der Waals surface area contributed by atoms with E-state index in [-0.39, 0.29) is 53.2 Å². The number of hydrogen-bond acceptors (Lipinski definition) is 6. The molecule has 37 heavy (non-hydrogen) atoms. The first-order valence-corrected chi connectivity index (χ1v) is 17.2. The second kappa shape index (κ2) is 12.2. The lowest BCUT2D eigenvalue weighted by Crippen LogP contribution is -2.47. The molecule has 210 valence electrons. The Morgan fingerprint density at radius 1 is 1.22 bits per heavy atom. The zero-order chi connectivity index (χ0) is 27.5. The first-order valence-electron chi connectivity index (χ1n) is 14.3. The van der Waals surface area contributed by atoms with E-state index in [2.05, 4.69) is 59.0 Å². The van der Waals surface area contributed by atoms with Crippen LogP contribution in [-0.2, 0) is 28.2 Å². The predicted octanol–water partition coefficient (Wildman–Crippen LogP) is 6.60. The predicted molar refractivity (Wildman–Crippen MR) is 149 cm³/mol. The fourth-order valence-electron chi connectivity index (χ4n) is 5.65. The minimum atomic E-state index is -1.97. The zero-order valence-corrected chi connectivity index (χ0v) is 25.5. The maximum atomic E-state index is 12.8. The highest BCUT2D eigenvalue weighted by atomic mass is 28.4. The average molecular weight is 535 g/mol. The number of hydrogen-bond donors (Lipinski definition) is 0. The van der Waals surface area contributed by atoms with Crippen LogP contribution in [0.15, 0.2) is 23.8 Å². The Balaban J connectivity index is 1.73. The van der Waals surface area contributed by atoms with Gasteiger partial charge in [-0.2, -0.15) is 0 Å². The van der Waals surface area contributed by atoms with Gasteiger partial charge in [-0.25, -0.2) is 0 Å². The molecule has 0 spiro atoms. The number of esters is 2. The van der Waals surface area contributed by atoms with Gasteiger partial charge in [-0.15, -0.1) is 0 Å². The fraction of sp³-hybridized carbons (Fsp3) is 0.800. The van der Waals surface area contributed by atoms with E-state index in [1.54, 1.807) is 7.11 Å². The highest BCUT2D eigenvalue weighted by Gasteiger charge is 2.44. The maximum absolute atomic E-state index is 12.8. The fourth-order valence-corrected chi connectivity index (χ4v) is 7.02. The van der Waals surface area contributed by atoms with Crippen LogP contribution in [0.25, 0.3) is 0 Å². The van der Waals surface area contributed by atoms with Crippen LogP contribution >= 0.6 is 0 Å². The first-order chi connectivity index (χ1) is 17.3. The van der Waals surface area contributed by atoms with Crippen molar-refractivity contribution in [1.29, 1.82) is 0 Å². The summed E-state index contributed by atoms with van der Waals surface area (Å²) < 4.78 is 24.2. The molecule has 0 unspecified atom stereocenters. The summed E-state index contributed by atoms with van der Waals surface area (Å²) in [6.07, 6.45) is 10.3. The topological polar surface area (TPSA) is 71.1 Å². The van der Waals surface area contributed by atoms with Crippen LogP contribution in [0, 0.1) is 23.7 Å². The molecular weight excluding hydrogens is 484 g/mol. The van der Waals surface area contributed by atoms with Crippen LogP contribution in [0.4, 0.5) is 0 Å². The normalized spacial score (nSPS) is 33.3. The van der Waals surface area contributed by atoms with Crippen molar-refractivity contribution in [3.05, 3.63) is 23.8 Å². The Hall–Kier alpha value is -1.44. The molecule has 6 nitrogen and oxygen atoms in total. The van der Waals surface area contributed by atoms with Gasteiger partial charge in [-0.3, -0.25) is 9.59 Å². The summed E-state index contributed by atoms with van der Waals surface area (Å²) in [5.74, 6) is 0.353. The van der Waals surface area contributed by atoms with E-state index in [1.165, 1.54) is 5.57 Å². The molecule has 0 radical (unpaired) electrons. The van der Waals surface area contributed by atoms with Crippen molar-refractivity contribution >= 4 is 20.3 Å².